The summed E-state index contributed by atoms with van der Waals surface area (Å²) >= 11 is 1.37. The number of benzene rings is 2. The third-order valence-electron chi connectivity index (χ3n) is 3.73. The fourth-order valence-electron chi connectivity index (χ4n) is 2.36. The normalized spacial score (nSPS) is 11.4. The van der Waals surface area contributed by atoms with Gasteiger partial charge in [0.1, 0.15) is 17.4 Å². The SMILES string of the molecule is CCNS(=O)(=O)c1ccc(C(=O)OCc2csc(-c3ccc(F)cc3)n2)cc1. The highest BCUT2D eigenvalue weighted by Crippen LogP contribution is 2.24. The van der Waals surface area contributed by atoms with Crippen LogP contribution in [0.2, 0.25) is 0 Å². The molecule has 0 fully saturated rings. The lowest BCUT2D eigenvalue weighted by atomic mass is 10.2. The van der Waals surface area contributed by atoms with Gasteiger partial charge in [0, 0.05) is 17.5 Å². The summed E-state index contributed by atoms with van der Waals surface area (Å²) in [6.45, 7) is 1.94. The van der Waals surface area contributed by atoms with Crippen molar-refractivity contribution in [3.8, 4) is 10.6 Å². The number of rotatable bonds is 7. The second kappa shape index (κ2) is 8.59. The van der Waals surface area contributed by atoms with E-state index in [-0.39, 0.29) is 29.4 Å². The van der Waals surface area contributed by atoms with Crippen LogP contribution in [0.15, 0.2) is 58.8 Å². The Hall–Kier alpha value is -2.62. The van der Waals surface area contributed by atoms with Crippen LogP contribution in [0.1, 0.15) is 23.0 Å². The molecule has 1 aromatic heterocycles. The topological polar surface area (TPSA) is 85.4 Å². The van der Waals surface area contributed by atoms with Crippen molar-refractivity contribution in [2.24, 2.45) is 0 Å². The van der Waals surface area contributed by atoms with Crippen molar-refractivity contribution < 1.29 is 22.3 Å². The quantitative estimate of drug-likeness (QED) is 0.590. The maximum absolute atomic E-state index is 13.0. The van der Waals surface area contributed by atoms with Gasteiger partial charge in [-0.3, -0.25) is 0 Å². The summed E-state index contributed by atoms with van der Waals surface area (Å²) in [6.07, 6.45) is 0. The lowest BCUT2D eigenvalue weighted by molar-refractivity contribution is 0.0468. The highest BCUT2D eigenvalue weighted by atomic mass is 32.2. The van der Waals surface area contributed by atoms with Crippen LogP contribution >= 0.6 is 11.3 Å². The van der Waals surface area contributed by atoms with E-state index in [1.54, 1.807) is 24.4 Å². The van der Waals surface area contributed by atoms with Crippen LogP contribution in [0, 0.1) is 5.82 Å². The van der Waals surface area contributed by atoms with E-state index in [1.807, 2.05) is 0 Å². The molecule has 3 rings (SSSR count). The van der Waals surface area contributed by atoms with Gasteiger partial charge in [0.05, 0.1) is 16.2 Å². The van der Waals surface area contributed by atoms with Gasteiger partial charge in [-0.25, -0.2) is 27.3 Å². The van der Waals surface area contributed by atoms with Crippen molar-refractivity contribution in [1.82, 2.24) is 9.71 Å². The lowest BCUT2D eigenvalue weighted by Gasteiger charge is -2.06. The van der Waals surface area contributed by atoms with Gasteiger partial charge in [-0.05, 0) is 48.5 Å². The van der Waals surface area contributed by atoms with E-state index in [4.69, 9.17) is 4.74 Å². The molecule has 28 heavy (non-hydrogen) atoms. The number of sulfonamides is 1. The van der Waals surface area contributed by atoms with Crippen LogP contribution in [0.5, 0.6) is 0 Å². The summed E-state index contributed by atoms with van der Waals surface area (Å²) < 4.78 is 44.4. The molecule has 1 N–H and O–H groups in total. The minimum absolute atomic E-state index is 0.0199. The van der Waals surface area contributed by atoms with Crippen LogP contribution in [0.25, 0.3) is 10.6 Å². The zero-order valence-electron chi connectivity index (χ0n) is 14.9. The minimum atomic E-state index is -3.57. The molecule has 0 atom stereocenters. The molecular formula is C19H17FN2O4S2. The monoisotopic (exact) mass is 420 g/mol. The van der Waals surface area contributed by atoms with Crippen LogP contribution in [-0.4, -0.2) is 25.9 Å². The molecule has 0 spiro atoms. The van der Waals surface area contributed by atoms with Crippen molar-refractivity contribution in [2.45, 2.75) is 18.4 Å². The standard InChI is InChI=1S/C19H17FN2O4S2/c1-2-21-28(24,25)17-9-5-14(6-10-17)19(23)26-11-16-12-27-18(22-16)13-3-7-15(20)8-4-13/h3-10,12,21H,2,11H2,1H3. The van der Waals surface area contributed by atoms with Gasteiger partial charge < -0.3 is 4.74 Å². The summed E-state index contributed by atoms with van der Waals surface area (Å²) in [5, 5.41) is 2.46. The average Bonchev–Trinajstić information content (AvgIpc) is 3.16. The molecule has 0 unspecified atom stereocenters. The summed E-state index contributed by atoms with van der Waals surface area (Å²) in [5.41, 5.74) is 1.59. The molecule has 6 nitrogen and oxygen atoms in total. The number of hydrogen-bond acceptors (Lipinski definition) is 6. The maximum atomic E-state index is 13.0. The van der Waals surface area contributed by atoms with Crippen molar-refractivity contribution in [3.05, 3.63) is 71.0 Å². The van der Waals surface area contributed by atoms with Gasteiger partial charge in [-0.1, -0.05) is 6.92 Å². The molecule has 0 bridgehead atoms. The third-order valence-corrected chi connectivity index (χ3v) is 6.23. The molecule has 0 radical (unpaired) electrons. The van der Waals surface area contributed by atoms with E-state index < -0.39 is 16.0 Å². The fourth-order valence-corrected chi connectivity index (χ4v) is 4.22. The van der Waals surface area contributed by atoms with Crippen molar-refractivity contribution >= 4 is 27.3 Å². The number of esters is 1. The van der Waals surface area contributed by atoms with Gasteiger partial charge in [0.15, 0.2) is 0 Å². The molecule has 9 heteroatoms. The van der Waals surface area contributed by atoms with Crippen molar-refractivity contribution in [3.63, 3.8) is 0 Å². The third kappa shape index (κ3) is 4.80. The number of aromatic nitrogens is 1. The predicted octanol–water partition coefficient (Wildman–Crippen LogP) is 3.60. The molecule has 0 aliphatic heterocycles. The molecule has 2 aromatic carbocycles. The predicted molar refractivity (Wildman–Crippen MR) is 104 cm³/mol. The molecule has 0 saturated heterocycles. The highest BCUT2D eigenvalue weighted by molar-refractivity contribution is 7.89. The molecule has 3 aromatic rings. The van der Waals surface area contributed by atoms with E-state index in [1.165, 1.54) is 47.7 Å². The summed E-state index contributed by atoms with van der Waals surface area (Å²) in [6, 6.07) is 11.5. The van der Waals surface area contributed by atoms with E-state index in [9.17, 15) is 17.6 Å². The Labute approximate surface area is 166 Å². The Morgan fingerprint density at radius 3 is 2.46 bits per heavy atom. The molecule has 0 amide bonds. The van der Waals surface area contributed by atoms with Gasteiger partial charge in [-0.15, -0.1) is 11.3 Å². The number of nitrogens with one attached hydrogen (secondary N) is 1. The molecular weight excluding hydrogens is 403 g/mol. The zero-order chi connectivity index (χ0) is 20.1. The summed E-state index contributed by atoms with van der Waals surface area (Å²) in [4.78, 5) is 16.6. The first kappa shape index (κ1) is 20.1. The Morgan fingerprint density at radius 2 is 1.82 bits per heavy atom. The van der Waals surface area contributed by atoms with Gasteiger partial charge in [-0.2, -0.15) is 0 Å². The average molecular weight is 420 g/mol. The number of thiazole rings is 1. The zero-order valence-corrected chi connectivity index (χ0v) is 16.5. The second-order valence-electron chi connectivity index (χ2n) is 5.75. The van der Waals surface area contributed by atoms with E-state index in [0.717, 1.165) is 5.56 Å². The van der Waals surface area contributed by atoms with E-state index >= 15 is 0 Å². The first-order chi connectivity index (χ1) is 13.4. The molecule has 0 aliphatic carbocycles. The smallest absolute Gasteiger partial charge is 0.338 e. The number of carbonyl (C=O) groups is 1. The Morgan fingerprint density at radius 1 is 1.14 bits per heavy atom. The van der Waals surface area contributed by atoms with E-state index in [2.05, 4.69) is 9.71 Å². The first-order valence-electron chi connectivity index (χ1n) is 8.36. The maximum Gasteiger partial charge on any atom is 0.338 e. The van der Waals surface area contributed by atoms with Crippen molar-refractivity contribution in [2.75, 3.05) is 6.54 Å². The molecule has 146 valence electrons. The van der Waals surface area contributed by atoms with Crippen LogP contribution in [0.4, 0.5) is 4.39 Å². The van der Waals surface area contributed by atoms with Crippen LogP contribution in [0.3, 0.4) is 0 Å². The number of ether oxygens (including phenoxy) is 1. The van der Waals surface area contributed by atoms with Gasteiger partial charge in [0.25, 0.3) is 0 Å². The number of hydrogen-bond donors (Lipinski definition) is 1. The Kier molecular flexibility index (Phi) is 6.18. The first-order valence-corrected chi connectivity index (χ1v) is 10.7. The van der Waals surface area contributed by atoms with Gasteiger partial charge in [0.2, 0.25) is 10.0 Å². The molecule has 0 aliphatic rings. The number of halogens is 1. The molecule has 0 saturated carbocycles. The lowest BCUT2D eigenvalue weighted by Crippen LogP contribution is -2.23. The van der Waals surface area contributed by atoms with Gasteiger partial charge >= 0.3 is 5.97 Å². The highest BCUT2D eigenvalue weighted by Gasteiger charge is 2.15. The van der Waals surface area contributed by atoms with Crippen LogP contribution < -0.4 is 4.72 Å². The Bertz CT molecular complexity index is 1060. The van der Waals surface area contributed by atoms with Crippen molar-refractivity contribution in [1.29, 1.82) is 0 Å². The summed E-state index contributed by atoms with van der Waals surface area (Å²) in [7, 11) is -3.57. The largest absolute Gasteiger partial charge is 0.456 e. The number of carbonyl (C=O) groups excluding carboxylic acids is 1. The fraction of sp³-hybridized carbons (Fsp3) is 0.158. The van der Waals surface area contributed by atoms with E-state index in [0.29, 0.717) is 10.7 Å². The Balaban J connectivity index is 1.62. The molecule has 1 heterocycles. The summed E-state index contributed by atoms with van der Waals surface area (Å²) in [5.74, 6) is -0.900. The number of nitrogens with zero attached hydrogens (tertiary/aromatic N) is 1. The second-order valence-corrected chi connectivity index (χ2v) is 8.38. The minimum Gasteiger partial charge on any atom is -0.456 e. The van der Waals surface area contributed by atoms with Crippen LogP contribution in [-0.2, 0) is 21.4 Å².